The van der Waals surface area contributed by atoms with Crippen LogP contribution < -0.4 is 14.8 Å². The van der Waals surface area contributed by atoms with Crippen molar-refractivity contribution in [3.05, 3.63) is 23.8 Å². The minimum atomic E-state index is -0.844. The first-order valence-corrected chi connectivity index (χ1v) is 6.36. The van der Waals surface area contributed by atoms with Gasteiger partial charge in [0.15, 0.2) is 11.5 Å². The van der Waals surface area contributed by atoms with E-state index in [4.69, 9.17) is 14.6 Å². The molecule has 2 N–H and O–H groups in total. The SMILES string of the molecule is CNC(C)(CC(=O)O)c1ccc2c(c1)OCCCO2. The largest absolute Gasteiger partial charge is 0.490 e. The molecule has 1 atom stereocenters. The number of carboxylic acid groups (broad SMARTS) is 1. The molecule has 0 amide bonds. The quantitative estimate of drug-likeness (QED) is 0.868. The molecular formula is C14H19NO4. The number of aliphatic carboxylic acids is 1. The Morgan fingerprint density at radius 2 is 2.05 bits per heavy atom. The van der Waals surface area contributed by atoms with Crippen molar-refractivity contribution >= 4 is 5.97 Å². The van der Waals surface area contributed by atoms with Crippen molar-refractivity contribution in [1.82, 2.24) is 5.32 Å². The van der Waals surface area contributed by atoms with Crippen LogP contribution in [0.1, 0.15) is 25.3 Å². The van der Waals surface area contributed by atoms with Crippen LogP contribution in [0, 0.1) is 0 Å². The number of hydrogen-bond acceptors (Lipinski definition) is 4. The maximum atomic E-state index is 11.0. The van der Waals surface area contributed by atoms with E-state index < -0.39 is 11.5 Å². The first-order chi connectivity index (χ1) is 9.05. The normalized spacial score (nSPS) is 17.4. The maximum absolute atomic E-state index is 11.0. The van der Waals surface area contributed by atoms with Crippen LogP contribution in [-0.2, 0) is 10.3 Å². The van der Waals surface area contributed by atoms with Gasteiger partial charge in [-0.15, -0.1) is 0 Å². The summed E-state index contributed by atoms with van der Waals surface area (Å²) in [5, 5.41) is 12.1. The third kappa shape index (κ3) is 2.98. The van der Waals surface area contributed by atoms with Crippen LogP contribution in [0.15, 0.2) is 18.2 Å². The van der Waals surface area contributed by atoms with Crippen molar-refractivity contribution in [2.24, 2.45) is 0 Å². The fourth-order valence-corrected chi connectivity index (χ4v) is 2.14. The minimum Gasteiger partial charge on any atom is -0.490 e. The monoisotopic (exact) mass is 265 g/mol. The minimum absolute atomic E-state index is 0.00312. The highest BCUT2D eigenvalue weighted by Gasteiger charge is 2.29. The van der Waals surface area contributed by atoms with Gasteiger partial charge in [0, 0.05) is 6.42 Å². The molecule has 0 aliphatic carbocycles. The average molecular weight is 265 g/mol. The lowest BCUT2D eigenvalue weighted by Crippen LogP contribution is -2.38. The molecule has 1 heterocycles. The van der Waals surface area contributed by atoms with Gasteiger partial charge >= 0.3 is 5.97 Å². The van der Waals surface area contributed by atoms with E-state index in [-0.39, 0.29) is 6.42 Å². The molecule has 1 aliphatic heterocycles. The van der Waals surface area contributed by atoms with Gasteiger partial charge in [-0.1, -0.05) is 6.07 Å². The molecule has 1 aromatic rings. The summed E-state index contributed by atoms with van der Waals surface area (Å²) >= 11 is 0. The highest BCUT2D eigenvalue weighted by atomic mass is 16.5. The van der Waals surface area contributed by atoms with Crippen molar-refractivity contribution < 1.29 is 19.4 Å². The molecular weight excluding hydrogens is 246 g/mol. The fourth-order valence-electron chi connectivity index (χ4n) is 2.14. The topological polar surface area (TPSA) is 67.8 Å². The highest BCUT2D eigenvalue weighted by Crippen LogP contribution is 2.35. The summed E-state index contributed by atoms with van der Waals surface area (Å²) in [5.74, 6) is 0.556. The number of carboxylic acids is 1. The summed E-state index contributed by atoms with van der Waals surface area (Å²) in [5.41, 5.74) is 0.248. The lowest BCUT2D eigenvalue weighted by atomic mass is 9.88. The predicted molar refractivity (Wildman–Crippen MR) is 70.7 cm³/mol. The van der Waals surface area contributed by atoms with E-state index in [0.29, 0.717) is 19.0 Å². The molecule has 0 fully saturated rings. The average Bonchev–Trinajstić information content (AvgIpc) is 2.62. The van der Waals surface area contributed by atoms with Gasteiger partial charge in [-0.25, -0.2) is 0 Å². The maximum Gasteiger partial charge on any atom is 0.305 e. The second-order valence-corrected chi connectivity index (χ2v) is 4.86. The van der Waals surface area contributed by atoms with Crippen molar-refractivity contribution in [3.63, 3.8) is 0 Å². The van der Waals surface area contributed by atoms with Crippen LogP contribution >= 0.6 is 0 Å². The molecule has 0 spiro atoms. The molecule has 1 aliphatic rings. The zero-order valence-corrected chi connectivity index (χ0v) is 11.2. The van der Waals surface area contributed by atoms with E-state index in [1.165, 1.54) is 0 Å². The van der Waals surface area contributed by atoms with Crippen LogP contribution in [0.4, 0.5) is 0 Å². The Balaban J connectivity index is 2.34. The van der Waals surface area contributed by atoms with E-state index in [0.717, 1.165) is 17.7 Å². The lowest BCUT2D eigenvalue weighted by Gasteiger charge is -2.28. The number of rotatable bonds is 4. The van der Waals surface area contributed by atoms with Gasteiger partial charge in [0.05, 0.1) is 25.2 Å². The molecule has 0 saturated heterocycles. The second-order valence-electron chi connectivity index (χ2n) is 4.86. The van der Waals surface area contributed by atoms with Gasteiger partial charge in [-0.2, -0.15) is 0 Å². The van der Waals surface area contributed by atoms with Crippen LogP contribution in [0.3, 0.4) is 0 Å². The van der Waals surface area contributed by atoms with Crippen molar-refractivity contribution in [3.8, 4) is 11.5 Å². The third-order valence-electron chi connectivity index (χ3n) is 3.44. The number of hydrogen-bond donors (Lipinski definition) is 2. The summed E-state index contributed by atoms with van der Waals surface area (Å²) in [6.07, 6.45) is 0.853. The van der Waals surface area contributed by atoms with E-state index in [1.807, 2.05) is 25.1 Å². The third-order valence-corrected chi connectivity index (χ3v) is 3.44. The lowest BCUT2D eigenvalue weighted by molar-refractivity contribution is -0.138. The first-order valence-electron chi connectivity index (χ1n) is 6.36. The molecule has 0 saturated carbocycles. The van der Waals surface area contributed by atoms with E-state index in [2.05, 4.69) is 5.32 Å². The second kappa shape index (κ2) is 5.48. The molecule has 0 bridgehead atoms. The number of benzene rings is 1. The zero-order valence-electron chi connectivity index (χ0n) is 11.2. The van der Waals surface area contributed by atoms with Crippen LogP contribution in [0.5, 0.6) is 11.5 Å². The van der Waals surface area contributed by atoms with Gasteiger partial charge in [-0.3, -0.25) is 4.79 Å². The molecule has 0 radical (unpaired) electrons. The van der Waals surface area contributed by atoms with Gasteiger partial charge in [0.1, 0.15) is 0 Å². The van der Waals surface area contributed by atoms with Crippen molar-refractivity contribution in [2.75, 3.05) is 20.3 Å². The van der Waals surface area contributed by atoms with Gasteiger partial charge in [0.2, 0.25) is 0 Å². The summed E-state index contributed by atoms with van der Waals surface area (Å²) in [6, 6.07) is 5.58. The van der Waals surface area contributed by atoms with Crippen LogP contribution in [0.2, 0.25) is 0 Å². The Labute approximate surface area is 112 Å². The molecule has 5 heteroatoms. The smallest absolute Gasteiger partial charge is 0.305 e. The molecule has 1 aromatic carbocycles. The Morgan fingerprint density at radius 3 is 2.68 bits per heavy atom. The highest BCUT2D eigenvalue weighted by molar-refractivity contribution is 5.69. The molecule has 0 aromatic heterocycles. The Morgan fingerprint density at radius 1 is 1.37 bits per heavy atom. The standard InChI is InChI=1S/C14H19NO4/c1-14(15-2,9-13(16)17)10-4-5-11-12(8-10)19-7-3-6-18-11/h4-5,8,15H,3,6-7,9H2,1-2H3,(H,16,17). The Hall–Kier alpha value is -1.75. The van der Waals surface area contributed by atoms with E-state index >= 15 is 0 Å². The van der Waals surface area contributed by atoms with Gasteiger partial charge < -0.3 is 19.9 Å². The van der Waals surface area contributed by atoms with E-state index in [1.54, 1.807) is 7.05 Å². The molecule has 2 rings (SSSR count). The summed E-state index contributed by atoms with van der Waals surface area (Å²) in [6.45, 7) is 3.12. The van der Waals surface area contributed by atoms with Crippen molar-refractivity contribution in [1.29, 1.82) is 0 Å². The molecule has 104 valence electrons. The van der Waals surface area contributed by atoms with Crippen LogP contribution in [0.25, 0.3) is 0 Å². The van der Waals surface area contributed by atoms with Crippen LogP contribution in [-0.4, -0.2) is 31.3 Å². The number of nitrogens with one attached hydrogen (secondary N) is 1. The first kappa shape index (κ1) is 13.7. The zero-order chi connectivity index (χ0) is 13.9. The van der Waals surface area contributed by atoms with Gasteiger partial charge in [-0.05, 0) is 31.7 Å². The molecule has 1 unspecified atom stereocenters. The molecule has 19 heavy (non-hydrogen) atoms. The number of ether oxygens (including phenoxy) is 2. The molecule has 5 nitrogen and oxygen atoms in total. The Bertz CT molecular complexity index is 475. The predicted octanol–water partition coefficient (Wildman–Crippen LogP) is 1.76. The fraction of sp³-hybridized carbons (Fsp3) is 0.500. The van der Waals surface area contributed by atoms with Crippen molar-refractivity contribution in [2.45, 2.75) is 25.3 Å². The summed E-state index contributed by atoms with van der Waals surface area (Å²) in [4.78, 5) is 11.0. The summed E-state index contributed by atoms with van der Waals surface area (Å²) in [7, 11) is 1.76. The number of fused-ring (bicyclic) bond motifs is 1. The number of carbonyl (C=O) groups is 1. The Kier molecular flexibility index (Phi) is 3.95. The van der Waals surface area contributed by atoms with Gasteiger partial charge in [0.25, 0.3) is 0 Å². The summed E-state index contributed by atoms with van der Waals surface area (Å²) < 4.78 is 11.2. The van der Waals surface area contributed by atoms with E-state index in [9.17, 15) is 4.79 Å².